The number of carbonyl (C=O) groups is 1. The predicted octanol–water partition coefficient (Wildman–Crippen LogP) is 3.72. The highest BCUT2D eigenvalue weighted by molar-refractivity contribution is 6.31. The molecule has 2 rings (SSSR count). The number of nitrogens with one attached hydrogen (secondary N) is 2. The minimum absolute atomic E-state index is 0.139. The molecule has 0 aliphatic heterocycles. The van der Waals surface area contributed by atoms with Crippen LogP contribution in [-0.4, -0.2) is 32.8 Å². The molecule has 0 aliphatic rings. The molecule has 128 valence electrons. The Morgan fingerprint density at radius 3 is 2.46 bits per heavy atom. The number of rotatable bonds is 8. The molecule has 0 unspecified atom stereocenters. The largest absolute Gasteiger partial charge is 0.491 e. The molecule has 5 nitrogen and oxygen atoms in total. The summed E-state index contributed by atoms with van der Waals surface area (Å²) in [7, 11) is 1.63. The minimum Gasteiger partial charge on any atom is -0.491 e. The fourth-order valence-corrected chi connectivity index (χ4v) is 2.15. The number of amides is 1. The summed E-state index contributed by atoms with van der Waals surface area (Å²) in [4.78, 5) is 12.0. The molecule has 0 fully saturated rings. The van der Waals surface area contributed by atoms with Crippen LogP contribution in [-0.2, 0) is 9.53 Å². The Kier molecular flexibility index (Phi) is 6.90. The maximum atomic E-state index is 12.0. The van der Waals surface area contributed by atoms with E-state index < -0.39 is 0 Å². The molecule has 1 amide bonds. The van der Waals surface area contributed by atoms with Gasteiger partial charge in [-0.25, -0.2) is 0 Å². The Balaban J connectivity index is 1.80. The van der Waals surface area contributed by atoms with E-state index in [4.69, 9.17) is 21.1 Å². The van der Waals surface area contributed by atoms with Crippen molar-refractivity contribution >= 4 is 28.9 Å². The molecule has 0 heterocycles. The summed E-state index contributed by atoms with van der Waals surface area (Å²) in [6.45, 7) is 3.12. The summed E-state index contributed by atoms with van der Waals surface area (Å²) in [5, 5.41) is 6.53. The molecule has 0 saturated heterocycles. The number of hydrogen-bond acceptors (Lipinski definition) is 4. The van der Waals surface area contributed by atoms with Crippen LogP contribution in [0.3, 0.4) is 0 Å². The Bertz CT molecular complexity index is 674. The van der Waals surface area contributed by atoms with Crippen molar-refractivity contribution in [1.29, 1.82) is 0 Å². The lowest BCUT2D eigenvalue weighted by atomic mass is 10.2. The maximum absolute atomic E-state index is 12.0. The maximum Gasteiger partial charge on any atom is 0.243 e. The number of halogens is 1. The zero-order valence-corrected chi connectivity index (χ0v) is 14.5. The summed E-state index contributed by atoms with van der Waals surface area (Å²) in [5.74, 6) is 0.595. The van der Waals surface area contributed by atoms with Gasteiger partial charge in [-0.1, -0.05) is 17.7 Å². The quantitative estimate of drug-likeness (QED) is 0.714. The van der Waals surface area contributed by atoms with E-state index in [1.54, 1.807) is 37.4 Å². The van der Waals surface area contributed by atoms with Gasteiger partial charge in [0.1, 0.15) is 12.4 Å². The van der Waals surface area contributed by atoms with Crippen molar-refractivity contribution in [3.8, 4) is 5.75 Å². The Morgan fingerprint density at radius 2 is 1.79 bits per heavy atom. The van der Waals surface area contributed by atoms with E-state index in [1.807, 2.05) is 19.1 Å². The van der Waals surface area contributed by atoms with E-state index in [0.29, 0.717) is 23.9 Å². The Labute approximate surface area is 146 Å². The lowest BCUT2D eigenvalue weighted by Crippen LogP contribution is -2.21. The molecule has 24 heavy (non-hydrogen) atoms. The van der Waals surface area contributed by atoms with Crippen molar-refractivity contribution in [2.24, 2.45) is 0 Å². The first-order chi connectivity index (χ1) is 11.6. The SMILES string of the molecule is COCCOc1ccc(NC(=O)CNc2ccc(C)c(Cl)c2)cc1. The molecular formula is C18H21ClN2O3. The molecule has 2 aromatic rings. The third-order valence-electron chi connectivity index (χ3n) is 3.32. The van der Waals surface area contributed by atoms with Gasteiger partial charge in [0.05, 0.1) is 13.2 Å². The first kappa shape index (κ1) is 18.1. The van der Waals surface area contributed by atoms with Crippen LogP contribution in [0.15, 0.2) is 42.5 Å². The van der Waals surface area contributed by atoms with Crippen molar-refractivity contribution < 1.29 is 14.3 Å². The van der Waals surface area contributed by atoms with E-state index >= 15 is 0 Å². The molecule has 0 aliphatic carbocycles. The third kappa shape index (κ3) is 5.76. The second kappa shape index (κ2) is 9.15. The van der Waals surface area contributed by atoms with Crippen molar-refractivity contribution in [3.05, 3.63) is 53.1 Å². The molecular weight excluding hydrogens is 328 g/mol. The lowest BCUT2D eigenvalue weighted by Gasteiger charge is -2.10. The van der Waals surface area contributed by atoms with Crippen LogP contribution in [0.4, 0.5) is 11.4 Å². The first-order valence-electron chi connectivity index (χ1n) is 7.60. The fraction of sp³-hybridized carbons (Fsp3) is 0.278. The number of ether oxygens (including phenoxy) is 2. The van der Waals surface area contributed by atoms with Gasteiger partial charge in [0.25, 0.3) is 0 Å². The zero-order chi connectivity index (χ0) is 17.4. The van der Waals surface area contributed by atoms with Crippen LogP contribution < -0.4 is 15.4 Å². The van der Waals surface area contributed by atoms with Gasteiger partial charge in [0.15, 0.2) is 0 Å². The Hall–Kier alpha value is -2.24. The minimum atomic E-state index is -0.139. The van der Waals surface area contributed by atoms with E-state index in [1.165, 1.54) is 0 Å². The van der Waals surface area contributed by atoms with Crippen molar-refractivity contribution in [2.45, 2.75) is 6.92 Å². The average Bonchev–Trinajstić information content (AvgIpc) is 2.58. The Morgan fingerprint density at radius 1 is 1.08 bits per heavy atom. The molecule has 0 bridgehead atoms. The van der Waals surface area contributed by atoms with E-state index in [0.717, 1.165) is 17.0 Å². The number of carbonyl (C=O) groups excluding carboxylic acids is 1. The highest BCUT2D eigenvalue weighted by Crippen LogP contribution is 2.20. The zero-order valence-electron chi connectivity index (χ0n) is 13.8. The summed E-state index contributed by atoms with van der Waals surface area (Å²) < 4.78 is 10.4. The summed E-state index contributed by atoms with van der Waals surface area (Å²) in [6, 6.07) is 12.8. The smallest absolute Gasteiger partial charge is 0.243 e. The normalized spacial score (nSPS) is 10.3. The second-order valence-electron chi connectivity index (χ2n) is 5.23. The van der Waals surface area contributed by atoms with E-state index in [-0.39, 0.29) is 12.5 Å². The average molecular weight is 349 g/mol. The summed E-state index contributed by atoms with van der Waals surface area (Å²) >= 11 is 6.06. The van der Waals surface area contributed by atoms with Crippen molar-refractivity contribution in [1.82, 2.24) is 0 Å². The molecule has 2 aromatic carbocycles. The van der Waals surface area contributed by atoms with Crippen LogP contribution in [0.5, 0.6) is 5.75 Å². The molecule has 0 radical (unpaired) electrons. The number of anilines is 2. The van der Waals surface area contributed by atoms with Crippen LogP contribution in [0.1, 0.15) is 5.56 Å². The van der Waals surface area contributed by atoms with E-state index in [9.17, 15) is 4.79 Å². The molecule has 6 heteroatoms. The van der Waals surface area contributed by atoms with Gasteiger partial charge in [-0.2, -0.15) is 0 Å². The van der Waals surface area contributed by atoms with Gasteiger partial charge in [0, 0.05) is 23.5 Å². The van der Waals surface area contributed by atoms with Gasteiger partial charge >= 0.3 is 0 Å². The molecule has 2 N–H and O–H groups in total. The van der Waals surface area contributed by atoms with Crippen molar-refractivity contribution in [3.63, 3.8) is 0 Å². The molecule has 0 spiro atoms. The monoisotopic (exact) mass is 348 g/mol. The van der Waals surface area contributed by atoms with Gasteiger partial charge < -0.3 is 20.1 Å². The van der Waals surface area contributed by atoms with Gasteiger partial charge in [-0.15, -0.1) is 0 Å². The lowest BCUT2D eigenvalue weighted by molar-refractivity contribution is -0.114. The molecule has 0 atom stereocenters. The van der Waals surface area contributed by atoms with Crippen LogP contribution in [0.2, 0.25) is 5.02 Å². The van der Waals surface area contributed by atoms with Gasteiger partial charge in [-0.3, -0.25) is 4.79 Å². The highest BCUT2D eigenvalue weighted by Gasteiger charge is 2.04. The van der Waals surface area contributed by atoms with Crippen LogP contribution >= 0.6 is 11.6 Å². The number of methoxy groups -OCH3 is 1. The molecule has 0 aromatic heterocycles. The summed E-state index contributed by atoms with van der Waals surface area (Å²) in [6.07, 6.45) is 0. The summed E-state index contributed by atoms with van der Waals surface area (Å²) in [5.41, 5.74) is 2.52. The predicted molar refractivity (Wildman–Crippen MR) is 97.1 cm³/mol. The standard InChI is InChI=1S/C18H21ClN2O3/c1-13-3-4-15(11-17(13)19)20-12-18(22)21-14-5-7-16(8-6-14)24-10-9-23-2/h3-8,11,20H,9-10,12H2,1-2H3,(H,21,22). The van der Waals surface area contributed by atoms with Gasteiger partial charge in [-0.05, 0) is 48.9 Å². The van der Waals surface area contributed by atoms with E-state index in [2.05, 4.69) is 10.6 Å². The first-order valence-corrected chi connectivity index (χ1v) is 7.98. The van der Waals surface area contributed by atoms with Crippen LogP contribution in [0, 0.1) is 6.92 Å². The number of benzene rings is 2. The topological polar surface area (TPSA) is 59.6 Å². The third-order valence-corrected chi connectivity index (χ3v) is 3.73. The molecule has 0 saturated carbocycles. The number of aryl methyl sites for hydroxylation is 1. The van der Waals surface area contributed by atoms with Gasteiger partial charge in [0.2, 0.25) is 5.91 Å². The number of hydrogen-bond donors (Lipinski definition) is 2. The second-order valence-corrected chi connectivity index (χ2v) is 5.64. The van der Waals surface area contributed by atoms with Crippen molar-refractivity contribution in [2.75, 3.05) is 37.5 Å². The fourth-order valence-electron chi connectivity index (χ4n) is 1.97. The highest BCUT2D eigenvalue weighted by atomic mass is 35.5. The van der Waals surface area contributed by atoms with Crippen LogP contribution in [0.25, 0.3) is 0 Å².